The third-order valence-corrected chi connectivity index (χ3v) is 2.76. The lowest BCUT2D eigenvalue weighted by molar-refractivity contribution is 0.0929. The van der Waals surface area contributed by atoms with Gasteiger partial charge in [0.25, 0.3) is 5.91 Å². The Balaban J connectivity index is 2.44. The Hall–Kier alpha value is -2.76. The number of aromatic nitrogens is 1. The van der Waals surface area contributed by atoms with E-state index in [-0.39, 0.29) is 6.61 Å². The normalized spacial score (nSPS) is 16.8. The van der Waals surface area contributed by atoms with Crippen molar-refractivity contribution in [2.45, 2.75) is 26.3 Å². The average Bonchev–Trinajstić information content (AvgIpc) is 2.61. The minimum atomic E-state index is -3.40. The summed E-state index contributed by atoms with van der Waals surface area (Å²) in [4.78, 5) is 24.9. The van der Waals surface area contributed by atoms with Crippen molar-refractivity contribution in [2.75, 3.05) is 5.84 Å². The number of nitrogens with zero attached hydrogens (tertiary/aromatic N) is 1. The fourth-order valence-corrected chi connectivity index (χ4v) is 1.79. The maximum absolute atomic E-state index is 12.7. The lowest BCUT2D eigenvalue weighted by Crippen LogP contribution is -2.35. The summed E-state index contributed by atoms with van der Waals surface area (Å²) < 4.78 is 58.3. The summed E-state index contributed by atoms with van der Waals surface area (Å²) >= 11 is 0. The second-order valence-corrected chi connectivity index (χ2v) is 4.37. The van der Waals surface area contributed by atoms with Crippen molar-refractivity contribution in [1.82, 2.24) is 9.99 Å². The number of nitrogens with one attached hydrogen (secondary N) is 1. The number of nitrogen functional groups attached to an aromatic ring is 1. The molecule has 0 saturated heterocycles. The van der Waals surface area contributed by atoms with E-state index in [9.17, 15) is 9.59 Å². The predicted octanol–water partition coefficient (Wildman–Crippen LogP) is 1.28. The second-order valence-electron chi connectivity index (χ2n) is 4.37. The maximum atomic E-state index is 12.7. The van der Waals surface area contributed by atoms with E-state index in [1.807, 2.05) is 0 Å². The summed E-state index contributed by atoms with van der Waals surface area (Å²) in [6.07, 6.45) is 1.03. The number of hydrogen-bond acceptors (Lipinski definition) is 4. The predicted molar refractivity (Wildman–Crippen MR) is 84.2 cm³/mol. The summed E-state index contributed by atoms with van der Waals surface area (Å²) in [7, 11) is 0. The van der Waals surface area contributed by atoms with Crippen LogP contribution in [0.4, 0.5) is 0 Å². The Morgan fingerprint density at radius 3 is 2.82 bits per heavy atom. The summed E-state index contributed by atoms with van der Waals surface area (Å²) in [5.74, 6) is 3.84. The smallest absolute Gasteiger partial charge is 0.274 e. The molecule has 0 saturated carbocycles. The zero-order valence-electron chi connectivity index (χ0n) is 18.5. The second kappa shape index (κ2) is 6.80. The van der Waals surface area contributed by atoms with Gasteiger partial charge < -0.3 is 15.9 Å². The highest BCUT2D eigenvalue weighted by Crippen LogP contribution is 2.14. The number of carbonyl (C=O) groups excluding carboxylic acids is 1. The SMILES string of the molecule is [2H]C([2H])([2H])C([2H])(NC(=O)c1c(OCc2ccccc2)c(=O)ccn1N)C([2H])([2H])[2H]. The van der Waals surface area contributed by atoms with Crippen LogP contribution in [0.3, 0.4) is 0 Å². The van der Waals surface area contributed by atoms with Gasteiger partial charge in [-0.1, -0.05) is 30.3 Å². The van der Waals surface area contributed by atoms with E-state index in [2.05, 4.69) is 0 Å². The van der Waals surface area contributed by atoms with Crippen molar-refractivity contribution in [3.05, 3.63) is 64.1 Å². The van der Waals surface area contributed by atoms with Crippen LogP contribution in [0.1, 0.15) is 39.4 Å². The Kier molecular flexibility index (Phi) is 2.67. The van der Waals surface area contributed by atoms with E-state index in [1.54, 1.807) is 35.6 Å². The van der Waals surface area contributed by atoms with Gasteiger partial charge in [-0.15, -0.1) is 0 Å². The van der Waals surface area contributed by atoms with Crippen LogP contribution >= 0.6 is 0 Å². The molecule has 2 rings (SSSR count). The Morgan fingerprint density at radius 1 is 1.41 bits per heavy atom. The Morgan fingerprint density at radius 2 is 2.14 bits per heavy atom. The van der Waals surface area contributed by atoms with Crippen LogP contribution < -0.4 is 21.3 Å². The minimum absolute atomic E-state index is 0.106. The topological polar surface area (TPSA) is 86.3 Å². The van der Waals surface area contributed by atoms with Gasteiger partial charge in [0.15, 0.2) is 11.4 Å². The molecular formula is C16H19N3O3. The highest BCUT2D eigenvalue weighted by atomic mass is 16.5. The first kappa shape index (κ1) is 8.63. The average molecular weight is 308 g/mol. The number of ether oxygens (including phenoxy) is 1. The molecule has 6 heteroatoms. The fourth-order valence-electron chi connectivity index (χ4n) is 1.79. The largest absolute Gasteiger partial charge is 0.482 e. The molecule has 0 atom stereocenters. The van der Waals surface area contributed by atoms with Gasteiger partial charge in [0.05, 0.1) is 1.37 Å². The molecule has 22 heavy (non-hydrogen) atoms. The molecule has 6 nitrogen and oxygen atoms in total. The molecule has 116 valence electrons. The van der Waals surface area contributed by atoms with E-state index >= 15 is 0 Å². The van der Waals surface area contributed by atoms with E-state index in [1.165, 1.54) is 0 Å². The molecule has 0 bridgehead atoms. The highest BCUT2D eigenvalue weighted by Gasteiger charge is 2.20. The Bertz CT molecular complexity index is 926. The van der Waals surface area contributed by atoms with E-state index in [4.69, 9.17) is 20.2 Å². The summed E-state index contributed by atoms with van der Waals surface area (Å²) in [5, 5.41) is 1.68. The zero-order chi connectivity index (χ0) is 22.0. The maximum Gasteiger partial charge on any atom is 0.274 e. The van der Waals surface area contributed by atoms with Crippen molar-refractivity contribution in [3.63, 3.8) is 0 Å². The number of rotatable bonds is 5. The minimum Gasteiger partial charge on any atom is -0.482 e. The van der Waals surface area contributed by atoms with Gasteiger partial charge in [-0.2, -0.15) is 0 Å². The van der Waals surface area contributed by atoms with Crippen molar-refractivity contribution in [3.8, 4) is 5.75 Å². The van der Waals surface area contributed by atoms with E-state index < -0.39 is 42.5 Å². The number of carbonyl (C=O) groups is 1. The van der Waals surface area contributed by atoms with E-state index in [0.717, 1.165) is 12.3 Å². The third kappa shape index (κ3) is 3.66. The van der Waals surface area contributed by atoms with Crippen LogP contribution in [-0.4, -0.2) is 16.6 Å². The summed E-state index contributed by atoms with van der Waals surface area (Å²) in [5.41, 5.74) is -0.671. The van der Waals surface area contributed by atoms with Crippen molar-refractivity contribution in [2.24, 2.45) is 0 Å². The molecule has 0 radical (unpaired) electrons. The quantitative estimate of drug-likeness (QED) is 0.815. The third-order valence-electron chi connectivity index (χ3n) is 2.76. The molecule has 0 aliphatic rings. The number of amides is 1. The van der Waals surface area contributed by atoms with E-state index in [0.29, 0.717) is 10.2 Å². The molecule has 0 unspecified atom stereocenters. The van der Waals surface area contributed by atoms with Gasteiger partial charge in [-0.05, 0) is 19.3 Å². The van der Waals surface area contributed by atoms with Gasteiger partial charge in [0.1, 0.15) is 6.61 Å². The monoisotopic (exact) mass is 308 g/mol. The van der Waals surface area contributed by atoms with Gasteiger partial charge in [0.2, 0.25) is 5.43 Å². The molecular weight excluding hydrogens is 282 g/mol. The van der Waals surface area contributed by atoms with Crippen LogP contribution in [0.2, 0.25) is 0 Å². The molecule has 3 N–H and O–H groups in total. The number of pyridine rings is 1. The molecule has 1 heterocycles. The molecule has 0 aliphatic heterocycles. The first-order chi connectivity index (χ1) is 13.3. The molecule has 1 aromatic carbocycles. The van der Waals surface area contributed by atoms with Gasteiger partial charge in [-0.3, -0.25) is 14.3 Å². The van der Waals surface area contributed by atoms with Gasteiger partial charge in [0, 0.05) is 26.5 Å². The molecule has 1 amide bonds. The molecule has 0 fully saturated rings. The first-order valence-corrected chi connectivity index (χ1v) is 6.28. The molecule has 1 aromatic heterocycles. The summed E-state index contributed by atoms with van der Waals surface area (Å²) in [6, 6.07) is 6.36. The highest BCUT2D eigenvalue weighted by molar-refractivity contribution is 5.95. The van der Waals surface area contributed by atoms with Crippen LogP contribution in [0.5, 0.6) is 5.75 Å². The summed E-state index contributed by atoms with van der Waals surface area (Å²) in [6.45, 7) is -6.90. The number of benzene rings is 1. The zero-order valence-corrected chi connectivity index (χ0v) is 11.5. The first-order valence-electron chi connectivity index (χ1n) is 9.78. The molecule has 0 aliphatic carbocycles. The van der Waals surface area contributed by atoms with Crippen molar-refractivity contribution < 1.29 is 19.1 Å². The number of hydrogen-bond donors (Lipinski definition) is 2. The molecule has 0 spiro atoms. The van der Waals surface area contributed by atoms with Crippen LogP contribution in [0.15, 0.2) is 47.4 Å². The van der Waals surface area contributed by atoms with Gasteiger partial charge in [-0.25, -0.2) is 0 Å². The van der Waals surface area contributed by atoms with Gasteiger partial charge >= 0.3 is 0 Å². The fraction of sp³-hybridized carbons (Fsp3) is 0.250. The van der Waals surface area contributed by atoms with Crippen LogP contribution in [0.25, 0.3) is 0 Å². The molecule has 2 aromatic rings. The van der Waals surface area contributed by atoms with Crippen LogP contribution in [0, 0.1) is 0 Å². The van der Waals surface area contributed by atoms with Crippen molar-refractivity contribution in [1.29, 1.82) is 0 Å². The van der Waals surface area contributed by atoms with Crippen LogP contribution in [-0.2, 0) is 6.61 Å². The lowest BCUT2D eigenvalue weighted by atomic mass is 10.2. The Labute approximate surface area is 138 Å². The lowest BCUT2D eigenvalue weighted by Gasteiger charge is -2.15. The standard InChI is InChI=1S/C16H19N3O3/c1-11(2)18-16(21)14-15(13(20)8-9-19(14)17)22-10-12-6-4-3-5-7-12/h3-9,11H,10,17H2,1-2H3,(H,18,21)/i1D3,2D3,11D. The van der Waals surface area contributed by atoms with Crippen molar-refractivity contribution >= 4 is 5.91 Å². The number of nitrogens with two attached hydrogens (primary N) is 1.